The minimum atomic E-state index is -3.37. The molecule has 0 radical (unpaired) electrons. The summed E-state index contributed by atoms with van der Waals surface area (Å²) in [6.45, 7) is 1.83. The maximum atomic E-state index is 12.7. The van der Waals surface area contributed by atoms with Crippen LogP contribution in [-0.4, -0.2) is 34.2 Å². The molecule has 1 heterocycles. The van der Waals surface area contributed by atoms with Crippen LogP contribution in [0.2, 0.25) is 0 Å². The van der Waals surface area contributed by atoms with Gasteiger partial charge in [0, 0.05) is 37.1 Å². The lowest BCUT2D eigenvalue weighted by Crippen LogP contribution is -2.28. The number of nitrogens with one attached hydrogen (secondary N) is 1. The molecule has 32 heavy (non-hydrogen) atoms. The summed E-state index contributed by atoms with van der Waals surface area (Å²) >= 11 is 0. The topological polar surface area (TPSA) is 69.7 Å². The Bertz CT molecular complexity index is 1220. The standard InChI is InChI=1S/C25H27N3O3S/c1-27(32(2,30)31)23-10-5-9-22(17-23)26-25(29)21-14-12-19(13-15-21)18-28-16-6-8-20-7-3-4-11-24(20)28/h3-5,7,9-15,17H,6,8,16,18H2,1-2H3,(H,26,29). The molecule has 1 aliphatic rings. The Morgan fingerprint density at radius 3 is 2.53 bits per heavy atom. The number of carbonyl (C=O) groups excluding carboxylic acids is 1. The monoisotopic (exact) mass is 449 g/mol. The van der Waals surface area contributed by atoms with E-state index in [2.05, 4.69) is 34.5 Å². The Hall–Kier alpha value is -3.32. The van der Waals surface area contributed by atoms with Gasteiger partial charge in [0.15, 0.2) is 0 Å². The second-order valence-electron chi connectivity index (χ2n) is 8.09. The fourth-order valence-corrected chi connectivity index (χ4v) is 4.43. The summed E-state index contributed by atoms with van der Waals surface area (Å²) in [7, 11) is -1.89. The van der Waals surface area contributed by atoms with Crippen molar-refractivity contribution in [2.24, 2.45) is 0 Å². The number of nitrogens with zero attached hydrogens (tertiary/aromatic N) is 2. The van der Waals surface area contributed by atoms with Crippen LogP contribution in [0.3, 0.4) is 0 Å². The first-order valence-electron chi connectivity index (χ1n) is 10.6. The quantitative estimate of drug-likeness (QED) is 0.610. The number of amides is 1. The highest BCUT2D eigenvalue weighted by atomic mass is 32.2. The molecule has 3 aromatic carbocycles. The van der Waals surface area contributed by atoms with Crippen molar-refractivity contribution in [2.75, 3.05) is 34.4 Å². The van der Waals surface area contributed by atoms with Gasteiger partial charge in [-0.3, -0.25) is 9.10 Å². The molecule has 0 aliphatic carbocycles. The van der Waals surface area contributed by atoms with E-state index in [1.54, 1.807) is 24.3 Å². The summed E-state index contributed by atoms with van der Waals surface area (Å²) < 4.78 is 24.7. The van der Waals surface area contributed by atoms with Crippen molar-refractivity contribution in [3.05, 3.63) is 89.5 Å². The largest absolute Gasteiger partial charge is 0.367 e. The highest BCUT2D eigenvalue weighted by Gasteiger charge is 2.17. The van der Waals surface area contributed by atoms with Crippen molar-refractivity contribution in [1.82, 2.24) is 0 Å². The average molecular weight is 450 g/mol. The molecule has 1 aliphatic heterocycles. The Morgan fingerprint density at radius 2 is 1.78 bits per heavy atom. The normalized spacial score (nSPS) is 13.4. The zero-order valence-electron chi connectivity index (χ0n) is 18.3. The average Bonchev–Trinajstić information content (AvgIpc) is 2.79. The summed E-state index contributed by atoms with van der Waals surface area (Å²) in [6.07, 6.45) is 3.40. The number of aryl methyl sites for hydroxylation is 1. The molecule has 7 heteroatoms. The lowest BCUT2D eigenvalue weighted by atomic mass is 10.0. The third-order valence-corrected chi connectivity index (χ3v) is 6.97. The summed E-state index contributed by atoms with van der Waals surface area (Å²) in [5, 5.41) is 2.85. The van der Waals surface area contributed by atoms with Crippen LogP contribution in [0.4, 0.5) is 17.1 Å². The Kier molecular flexibility index (Phi) is 6.19. The van der Waals surface area contributed by atoms with Gasteiger partial charge >= 0.3 is 0 Å². The molecule has 6 nitrogen and oxygen atoms in total. The number of sulfonamides is 1. The molecule has 166 valence electrons. The van der Waals surface area contributed by atoms with Crippen molar-refractivity contribution in [3.8, 4) is 0 Å². The van der Waals surface area contributed by atoms with E-state index in [-0.39, 0.29) is 5.91 Å². The highest BCUT2D eigenvalue weighted by molar-refractivity contribution is 7.92. The molecule has 1 amide bonds. The predicted octanol–water partition coefficient (Wildman–Crippen LogP) is 4.29. The van der Waals surface area contributed by atoms with Gasteiger partial charge in [-0.1, -0.05) is 36.4 Å². The van der Waals surface area contributed by atoms with Crippen molar-refractivity contribution in [3.63, 3.8) is 0 Å². The van der Waals surface area contributed by atoms with Gasteiger partial charge < -0.3 is 10.2 Å². The number of para-hydroxylation sites is 1. The lowest BCUT2D eigenvalue weighted by molar-refractivity contribution is 0.102. The number of benzene rings is 3. The summed E-state index contributed by atoms with van der Waals surface area (Å²) in [4.78, 5) is 15.1. The first-order valence-corrected chi connectivity index (χ1v) is 12.4. The van der Waals surface area contributed by atoms with Crippen molar-refractivity contribution >= 4 is 33.0 Å². The lowest BCUT2D eigenvalue weighted by Gasteiger charge is -2.31. The third-order valence-electron chi connectivity index (χ3n) is 5.76. The van der Waals surface area contributed by atoms with Gasteiger partial charge in [-0.15, -0.1) is 0 Å². The number of fused-ring (bicyclic) bond motifs is 1. The van der Waals surface area contributed by atoms with Gasteiger partial charge in [0.25, 0.3) is 5.91 Å². The van der Waals surface area contributed by atoms with Gasteiger partial charge in [-0.25, -0.2) is 8.42 Å². The van der Waals surface area contributed by atoms with Crippen molar-refractivity contribution in [2.45, 2.75) is 19.4 Å². The second-order valence-corrected chi connectivity index (χ2v) is 10.1. The van der Waals surface area contributed by atoms with E-state index in [4.69, 9.17) is 0 Å². The molecule has 3 aromatic rings. The van der Waals surface area contributed by atoms with E-state index in [0.717, 1.165) is 37.8 Å². The molecule has 0 spiro atoms. The van der Waals surface area contributed by atoms with E-state index >= 15 is 0 Å². The summed E-state index contributed by atoms with van der Waals surface area (Å²) in [6, 6.07) is 22.9. The van der Waals surface area contributed by atoms with E-state index in [9.17, 15) is 13.2 Å². The summed E-state index contributed by atoms with van der Waals surface area (Å²) in [5.41, 5.74) is 5.40. The van der Waals surface area contributed by atoms with Crippen molar-refractivity contribution in [1.29, 1.82) is 0 Å². The molecule has 0 saturated carbocycles. The van der Waals surface area contributed by atoms with Gasteiger partial charge in [-0.2, -0.15) is 0 Å². The fraction of sp³-hybridized carbons (Fsp3) is 0.240. The predicted molar refractivity (Wildman–Crippen MR) is 130 cm³/mol. The van der Waals surface area contributed by atoms with Crippen LogP contribution in [-0.2, 0) is 23.0 Å². The van der Waals surface area contributed by atoms with E-state index < -0.39 is 10.0 Å². The number of hydrogen-bond donors (Lipinski definition) is 1. The zero-order chi connectivity index (χ0) is 22.7. The molecule has 0 fully saturated rings. The number of hydrogen-bond acceptors (Lipinski definition) is 4. The van der Waals surface area contributed by atoms with E-state index in [0.29, 0.717) is 16.9 Å². The maximum absolute atomic E-state index is 12.7. The van der Waals surface area contributed by atoms with Crippen LogP contribution >= 0.6 is 0 Å². The fourth-order valence-electron chi connectivity index (χ4n) is 3.93. The third kappa shape index (κ3) is 4.94. The number of anilines is 3. The number of rotatable bonds is 6. The molecule has 0 aromatic heterocycles. The zero-order valence-corrected chi connectivity index (χ0v) is 19.1. The molecular formula is C25H27N3O3S. The van der Waals surface area contributed by atoms with Gasteiger partial charge in [0.05, 0.1) is 11.9 Å². The summed E-state index contributed by atoms with van der Waals surface area (Å²) in [5.74, 6) is -0.237. The first kappa shape index (κ1) is 21.9. The smallest absolute Gasteiger partial charge is 0.255 e. The van der Waals surface area contributed by atoms with Gasteiger partial charge in [0.1, 0.15) is 0 Å². The Balaban J connectivity index is 1.43. The Morgan fingerprint density at radius 1 is 1.03 bits per heavy atom. The molecule has 0 atom stereocenters. The molecule has 0 bridgehead atoms. The Labute approximate surface area is 189 Å². The van der Waals surface area contributed by atoms with E-state index in [1.807, 2.05) is 24.3 Å². The number of carbonyl (C=O) groups is 1. The molecule has 1 N–H and O–H groups in total. The maximum Gasteiger partial charge on any atom is 0.255 e. The van der Waals surface area contributed by atoms with Gasteiger partial charge in [-0.05, 0) is 60.4 Å². The molecule has 0 unspecified atom stereocenters. The van der Waals surface area contributed by atoms with Crippen LogP contribution in [0, 0.1) is 0 Å². The SMILES string of the molecule is CN(c1cccc(NC(=O)c2ccc(CN3CCCc4ccccc43)cc2)c1)S(C)(=O)=O. The highest BCUT2D eigenvalue weighted by Crippen LogP contribution is 2.28. The molecule has 4 rings (SSSR count). The van der Waals surface area contributed by atoms with Crippen LogP contribution in [0.25, 0.3) is 0 Å². The van der Waals surface area contributed by atoms with Crippen LogP contribution < -0.4 is 14.5 Å². The minimum Gasteiger partial charge on any atom is -0.367 e. The first-order chi connectivity index (χ1) is 15.3. The van der Waals surface area contributed by atoms with Crippen LogP contribution in [0.15, 0.2) is 72.8 Å². The minimum absolute atomic E-state index is 0.237. The van der Waals surface area contributed by atoms with Crippen LogP contribution in [0.5, 0.6) is 0 Å². The van der Waals surface area contributed by atoms with Crippen LogP contribution in [0.1, 0.15) is 27.9 Å². The van der Waals surface area contributed by atoms with Gasteiger partial charge in [0.2, 0.25) is 10.0 Å². The molecule has 0 saturated heterocycles. The molecular weight excluding hydrogens is 422 g/mol. The van der Waals surface area contributed by atoms with E-state index in [1.165, 1.54) is 22.6 Å². The van der Waals surface area contributed by atoms with Crippen molar-refractivity contribution < 1.29 is 13.2 Å². The second kappa shape index (κ2) is 9.04.